The Morgan fingerprint density at radius 3 is 2.00 bits per heavy atom. The van der Waals surface area contributed by atoms with Crippen molar-refractivity contribution in [1.29, 1.82) is 0 Å². The van der Waals surface area contributed by atoms with Crippen LogP contribution in [0.5, 0.6) is 0 Å². The Hall–Kier alpha value is -0.860. The molecule has 1 aromatic rings. The van der Waals surface area contributed by atoms with Crippen LogP contribution in [-0.4, -0.2) is 5.72 Å². The molecule has 3 rings (SSSR count). The molecule has 15 heavy (non-hydrogen) atoms. The van der Waals surface area contributed by atoms with Gasteiger partial charge in [0.25, 0.3) is 0 Å². The van der Waals surface area contributed by atoms with Gasteiger partial charge in [0.15, 0.2) is 5.72 Å². The van der Waals surface area contributed by atoms with E-state index in [2.05, 4.69) is 24.5 Å². The number of aryl methyl sites for hydroxylation is 1. The van der Waals surface area contributed by atoms with Crippen LogP contribution in [0.15, 0.2) is 30.3 Å². The van der Waals surface area contributed by atoms with E-state index in [0.717, 1.165) is 0 Å². The second-order valence-electron chi connectivity index (χ2n) is 4.41. The van der Waals surface area contributed by atoms with Crippen LogP contribution in [0, 0.1) is 6.92 Å². The van der Waals surface area contributed by atoms with Crippen molar-refractivity contribution in [2.75, 3.05) is 0 Å². The lowest BCUT2D eigenvalue weighted by Gasteiger charge is -2.13. The second-order valence-corrected chi connectivity index (χ2v) is 4.41. The van der Waals surface area contributed by atoms with Crippen molar-refractivity contribution in [2.45, 2.75) is 44.8 Å². The molecule has 1 aliphatic carbocycles. The molecular weight excluding hydrogens is 186 g/mol. The van der Waals surface area contributed by atoms with Crippen molar-refractivity contribution in [1.82, 2.24) is 5.48 Å². The average molecular weight is 205 g/mol. The largest absolute Gasteiger partial charge is 0.275 e. The van der Waals surface area contributed by atoms with Gasteiger partial charge in [-0.1, -0.05) is 42.3 Å². The van der Waals surface area contributed by atoms with Crippen LogP contribution in [0.2, 0.25) is 0 Å². The number of benzene rings is 1. The summed E-state index contributed by atoms with van der Waals surface area (Å²) in [6.45, 7) is 2.08. The first-order chi connectivity index (χ1) is 7.31. The Morgan fingerprint density at radius 2 is 1.67 bits per heavy atom. The highest BCUT2D eigenvalue weighted by Gasteiger charge is 2.45. The molecule has 1 aliphatic heterocycles. The van der Waals surface area contributed by atoms with E-state index < -0.39 is 0 Å². The first-order valence-corrected chi connectivity index (χ1v) is 5.78. The summed E-state index contributed by atoms with van der Waals surface area (Å²) in [7, 11) is 0. The fourth-order valence-electron chi connectivity index (χ4n) is 1.93. The summed E-state index contributed by atoms with van der Waals surface area (Å²) in [5, 5.41) is 0. The predicted octanol–water partition coefficient (Wildman–Crippen LogP) is 3.18. The van der Waals surface area contributed by atoms with Gasteiger partial charge in [-0.05, 0) is 32.6 Å². The maximum absolute atomic E-state index is 5.09. The van der Waals surface area contributed by atoms with Gasteiger partial charge in [-0.2, -0.15) is 5.48 Å². The van der Waals surface area contributed by atoms with Gasteiger partial charge in [0.05, 0.1) is 0 Å². The first kappa shape index (κ1) is 10.7. The molecule has 0 unspecified atom stereocenters. The fraction of sp³-hybridized carbons (Fsp3) is 0.538. The van der Waals surface area contributed by atoms with Gasteiger partial charge < -0.3 is 0 Å². The van der Waals surface area contributed by atoms with Gasteiger partial charge in [0.1, 0.15) is 0 Å². The van der Waals surface area contributed by atoms with Crippen LogP contribution < -0.4 is 5.48 Å². The van der Waals surface area contributed by atoms with Crippen molar-refractivity contribution < 1.29 is 4.84 Å². The summed E-state index contributed by atoms with van der Waals surface area (Å²) in [5.74, 6) is 0. The molecule has 82 valence electrons. The fourth-order valence-corrected chi connectivity index (χ4v) is 1.93. The summed E-state index contributed by atoms with van der Waals surface area (Å²) in [4.78, 5) is 5.09. The molecule has 1 spiro atoms. The topological polar surface area (TPSA) is 34.5 Å². The number of nitrogens with one attached hydrogen (secondary N) is 1. The van der Waals surface area contributed by atoms with Gasteiger partial charge in [0, 0.05) is 0 Å². The predicted molar refractivity (Wildman–Crippen MR) is 61.2 cm³/mol. The highest BCUT2D eigenvalue weighted by Crippen LogP contribution is 2.36. The van der Waals surface area contributed by atoms with Crippen molar-refractivity contribution in [3.63, 3.8) is 0 Å². The highest BCUT2D eigenvalue weighted by atomic mass is 16.8. The first-order valence-electron chi connectivity index (χ1n) is 5.78. The van der Waals surface area contributed by atoms with E-state index >= 15 is 0 Å². The molecule has 2 heteroatoms. The summed E-state index contributed by atoms with van der Waals surface area (Å²) in [6.07, 6.45) is 6.53. The lowest BCUT2D eigenvalue weighted by molar-refractivity contribution is 0.233. The SMILES string of the molecule is C1CCC2(CC1)NO2.Cc1ccccc1. The molecule has 1 heterocycles. The van der Waals surface area contributed by atoms with Crippen LogP contribution >= 0.6 is 0 Å². The lowest BCUT2D eigenvalue weighted by atomic mass is 9.94. The van der Waals surface area contributed by atoms with Gasteiger partial charge >= 0.3 is 0 Å². The molecule has 1 aromatic carbocycles. The van der Waals surface area contributed by atoms with Gasteiger partial charge in [-0.15, -0.1) is 0 Å². The van der Waals surface area contributed by atoms with Crippen molar-refractivity contribution in [3.8, 4) is 0 Å². The van der Waals surface area contributed by atoms with Crippen molar-refractivity contribution in [2.24, 2.45) is 0 Å². The molecule has 0 atom stereocenters. The van der Waals surface area contributed by atoms with Crippen LogP contribution in [0.4, 0.5) is 0 Å². The second kappa shape index (κ2) is 4.77. The number of hydrogen-bond donors (Lipinski definition) is 1. The summed E-state index contributed by atoms with van der Waals surface area (Å²) in [6, 6.07) is 10.3. The van der Waals surface area contributed by atoms with Crippen LogP contribution in [-0.2, 0) is 4.84 Å². The van der Waals surface area contributed by atoms with Crippen LogP contribution in [0.3, 0.4) is 0 Å². The third-order valence-electron chi connectivity index (χ3n) is 2.99. The maximum atomic E-state index is 5.09. The number of rotatable bonds is 0. The van der Waals surface area contributed by atoms with Gasteiger partial charge in [-0.3, -0.25) is 4.84 Å². The number of hydrogen-bond acceptors (Lipinski definition) is 2. The summed E-state index contributed by atoms with van der Waals surface area (Å²) in [5.41, 5.74) is 4.45. The van der Waals surface area contributed by atoms with E-state index in [1.165, 1.54) is 37.7 Å². The third-order valence-corrected chi connectivity index (χ3v) is 2.99. The highest BCUT2D eigenvalue weighted by molar-refractivity contribution is 5.11. The van der Waals surface area contributed by atoms with E-state index in [-0.39, 0.29) is 5.72 Å². The summed E-state index contributed by atoms with van der Waals surface area (Å²) < 4.78 is 0. The van der Waals surface area contributed by atoms with E-state index in [4.69, 9.17) is 4.84 Å². The summed E-state index contributed by atoms with van der Waals surface area (Å²) >= 11 is 0. The minimum Gasteiger partial charge on any atom is -0.275 e. The Balaban J connectivity index is 0.000000115. The van der Waals surface area contributed by atoms with E-state index in [0.29, 0.717) is 0 Å². The minimum atomic E-state index is 0.179. The van der Waals surface area contributed by atoms with E-state index in [1.807, 2.05) is 18.2 Å². The quantitative estimate of drug-likeness (QED) is 0.660. The Bertz CT molecular complexity index is 285. The Labute approximate surface area is 91.6 Å². The zero-order valence-electron chi connectivity index (χ0n) is 9.33. The third kappa shape index (κ3) is 3.33. The van der Waals surface area contributed by atoms with Crippen LogP contribution in [0.1, 0.15) is 37.7 Å². The molecule has 0 bridgehead atoms. The van der Waals surface area contributed by atoms with Gasteiger partial charge in [-0.25, -0.2) is 0 Å². The molecule has 1 saturated heterocycles. The Morgan fingerprint density at radius 1 is 1.07 bits per heavy atom. The molecule has 0 amide bonds. The molecule has 2 nitrogen and oxygen atoms in total. The molecule has 0 aromatic heterocycles. The number of hydroxylamine groups is 1. The van der Waals surface area contributed by atoms with E-state index in [9.17, 15) is 0 Å². The van der Waals surface area contributed by atoms with E-state index in [1.54, 1.807) is 0 Å². The monoisotopic (exact) mass is 205 g/mol. The zero-order chi connectivity index (χ0) is 10.6. The normalized spacial score (nSPS) is 21.7. The van der Waals surface area contributed by atoms with Crippen molar-refractivity contribution >= 4 is 0 Å². The standard InChI is InChI=1S/C7H8.C6H11NO/c1-7-5-3-2-4-6-7;1-2-4-6(5-3-1)7-8-6/h2-6H,1H3;7H,1-5H2. The minimum absolute atomic E-state index is 0.179. The van der Waals surface area contributed by atoms with Gasteiger partial charge in [0.2, 0.25) is 0 Å². The van der Waals surface area contributed by atoms with Crippen molar-refractivity contribution in [3.05, 3.63) is 35.9 Å². The smallest absolute Gasteiger partial charge is 0.161 e. The molecule has 2 fully saturated rings. The molecule has 2 aliphatic rings. The molecule has 1 saturated carbocycles. The zero-order valence-corrected chi connectivity index (χ0v) is 9.33. The Kier molecular flexibility index (Phi) is 3.39. The van der Waals surface area contributed by atoms with Crippen LogP contribution in [0.25, 0.3) is 0 Å². The molecule has 1 N–H and O–H groups in total. The maximum Gasteiger partial charge on any atom is 0.161 e. The average Bonchev–Trinajstić information content (AvgIpc) is 3.01. The molecular formula is C13H19NO. The molecule has 0 radical (unpaired) electrons. The lowest BCUT2D eigenvalue weighted by Crippen LogP contribution is -2.18.